The Kier molecular flexibility index (Phi) is 11.6. The molecule has 0 saturated carbocycles. The van der Waals surface area contributed by atoms with E-state index in [2.05, 4.69) is 41.7 Å². The third-order valence-electron chi connectivity index (χ3n) is 5.73. The van der Waals surface area contributed by atoms with Gasteiger partial charge in [0.05, 0.1) is 52.3 Å². The normalized spacial score (nSPS) is 14.3. The molecule has 1 atom stereocenters. The number of hydrogen-bond donors (Lipinski definition) is 0. The van der Waals surface area contributed by atoms with Crippen LogP contribution in [0.2, 0.25) is 0 Å². The first kappa shape index (κ1) is 32.4. The molecule has 0 spiro atoms. The summed E-state index contributed by atoms with van der Waals surface area (Å²) in [4.78, 5) is 34.7. The molecular formula is C27H24Br2F4N2O6. The molecule has 0 radical (unpaired) electrons. The highest BCUT2D eigenvalue weighted by Crippen LogP contribution is 2.34. The average molecular weight is 708 g/mol. The molecule has 1 aromatic heterocycles. The van der Waals surface area contributed by atoms with Crippen LogP contribution in [0.3, 0.4) is 0 Å². The van der Waals surface area contributed by atoms with Crippen molar-refractivity contribution >= 4 is 49.6 Å². The number of ketones is 1. The molecule has 4 rings (SSSR count). The van der Waals surface area contributed by atoms with E-state index < -0.39 is 53.0 Å². The number of nitrogens with zero attached hydrogens (tertiary/aromatic N) is 2. The van der Waals surface area contributed by atoms with Crippen LogP contribution in [0.1, 0.15) is 53.4 Å². The highest BCUT2D eigenvalue weighted by Gasteiger charge is 2.29. The monoisotopic (exact) mass is 706 g/mol. The van der Waals surface area contributed by atoms with Crippen molar-refractivity contribution in [1.29, 1.82) is 0 Å². The molecule has 1 aliphatic heterocycles. The van der Waals surface area contributed by atoms with Crippen molar-refractivity contribution in [3.8, 4) is 11.3 Å². The van der Waals surface area contributed by atoms with Crippen LogP contribution in [0.25, 0.3) is 11.3 Å². The van der Waals surface area contributed by atoms with Crippen molar-refractivity contribution in [3.05, 3.63) is 73.8 Å². The number of rotatable bonds is 8. The number of Topliss-reactive ketones (excluding diaryl/α,β-unsaturated/α-hetero) is 1. The van der Waals surface area contributed by atoms with E-state index >= 15 is 0 Å². The van der Waals surface area contributed by atoms with Crippen molar-refractivity contribution in [2.45, 2.75) is 32.7 Å². The summed E-state index contributed by atoms with van der Waals surface area (Å²) in [5.41, 5.74) is -0.195. The maximum Gasteiger partial charge on any atom is 0.341 e. The molecule has 220 valence electrons. The van der Waals surface area contributed by atoms with Gasteiger partial charge in [0, 0.05) is 12.2 Å². The van der Waals surface area contributed by atoms with Crippen molar-refractivity contribution in [1.82, 2.24) is 9.78 Å². The van der Waals surface area contributed by atoms with Crippen molar-refractivity contribution < 1.29 is 46.2 Å². The molecule has 0 amide bonds. The van der Waals surface area contributed by atoms with Gasteiger partial charge in [0.15, 0.2) is 5.78 Å². The Balaban J connectivity index is 0.000000241. The maximum absolute atomic E-state index is 14.5. The first-order chi connectivity index (χ1) is 19.5. The number of hydrogen-bond acceptors (Lipinski definition) is 7. The Labute approximate surface area is 249 Å². The predicted molar refractivity (Wildman–Crippen MR) is 145 cm³/mol. The van der Waals surface area contributed by atoms with Crippen LogP contribution < -0.4 is 0 Å². The van der Waals surface area contributed by atoms with E-state index in [1.165, 1.54) is 10.9 Å². The number of aromatic nitrogens is 2. The number of halogens is 6. The summed E-state index contributed by atoms with van der Waals surface area (Å²) >= 11 is 5.74. The summed E-state index contributed by atoms with van der Waals surface area (Å²) in [6.07, 6.45) is 1.40. The van der Waals surface area contributed by atoms with Crippen LogP contribution in [0.5, 0.6) is 0 Å². The van der Waals surface area contributed by atoms with Crippen molar-refractivity contribution in [2.24, 2.45) is 0 Å². The molecule has 8 nitrogen and oxygen atoms in total. The zero-order chi connectivity index (χ0) is 30.3. The quantitative estimate of drug-likeness (QED) is 0.0857. The van der Waals surface area contributed by atoms with Crippen molar-refractivity contribution in [2.75, 3.05) is 26.4 Å². The summed E-state index contributed by atoms with van der Waals surface area (Å²) in [7, 11) is 0. The van der Waals surface area contributed by atoms with Gasteiger partial charge in [-0.1, -0.05) is 0 Å². The third kappa shape index (κ3) is 8.01. The smallest absolute Gasteiger partial charge is 0.341 e. The summed E-state index contributed by atoms with van der Waals surface area (Å²) in [6, 6.07) is 3.52. The molecule has 0 aliphatic carbocycles. The molecule has 2 heterocycles. The van der Waals surface area contributed by atoms with E-state index in [1.807, 2.05) is 0 Å². The lowest BCUT2D eigenvalue weighted by molar-refractivity contribution is -0.141. The minimum absolute atomic E-state index is 0.0108. The van der Waals surface area contributed by atoms with Gasteiger partial charge in [0.1, 0.15) is 35.3 Å². The van der Waals surface area contributed by atoms with Gasteiger partial charge >= 0.3 is 11.9 Å². The van der Waals surface area contributed by atoms with Crippen LogP contribution in [-0.4, -0.2) is 53.9 Å². The second-order valence-corrected chi connectivity index (χ2v) is 10.2. The summed E-state index contributed by atoms with van der Waals surface area (Å²) in [5, 5.41) is 4.21. The highest BCUT2D eigenvalue weighted by atomic mass is 79.9. The zero-order valence-electron chi connectivity index (χ0n) is 21.8. The number of carbonyl (C=O) groups is 3. The van der Waals surface area contributed by atoms with Gasteiger partial charge < -0.3 is 14.2 Å². The van der Waals surface area contributed by atoms with Gasteiger partial charge in [0.2, 0.25) is 0 Å². The molecule has 2 aromatic carbocycles. The van der Waals surface area contributed by atoms with E-state index in [0.717, 1.165) is 24.3 Å². The standard InChI is InChI=1S/C16H15BrF2N2O3.C11H9BrF2O3/c1-2-24-16(22)11-7-20-21(9-3-4-23-8-9)15(11)10-5-14(19)12(17)6-13(10)18;1-2-17-11(16)5-10(15)6-3-9(14)7(12)4-8(6)13/h5-7,9H,2-4,8H2,1H3;3-4H,2,5H2,1H3/t9-;/m1./s1. The van der Waals surface area contributed by atoms with Crippen LogP contribution in [0, 0.1) is 23.3 Å². The number of esters is 2. The Morgan fingerprint density at radius 2 is 1.56 bits per heavy atom. The van der Waals surface area contributed by atoms with Crippen molar-refractivity contribution in [3.63, 3.8) is 0 Å². The van der Waals surface area contributed by atoms with Crippen LogP contribution in [0.4, 0.5) is 17.6 Å². The van der Waals surface area contributed by atoms with Gasteiger partial charge in [-0.3, -0.25) is 14.3 Å². The minimum atomic E-state index is -0.882. The Morgan fingerprint density at radius 1 is 0.927 bits per heavy atom. The lowest BCUT2D eigenvalue weighted by Gasteiger charge is -2.15. The Bertz CT molecular complexity index is 1440. The molecule has 0 bridgehead atoms. The van der Waals surface area contributed by atoms with Gasteiger partial charge in [-0.05, 0) is 76.4 Å². The Hall–Kier alpha value is -3.10. The highest BCUT2D eigenvalue weighted by molar-refractivity contribution is 9.10. The fourth-order valence-corrected chi connectivity index (χ4v) is 4.49. The topological polar surface area (TPSA) is 96.7 Å². The van der Waals surface area contributed by atoms with Gasteiger partial charge in [-0.2, -0.15) is 5.10 Å². The first-order valence-corrected chi connectivity index (χ1v) is 13.9. The SMILES string of the molecule is CCOC(=O)CC(=O)c1cc(F)c(Br)cc1F.CCOC(=O)c1cnn([C@@H]2CCOC2)c1-c1cc(F)c(Br)cc1F. The summed E-state index contributed by atoms with van der Waals surface area (Å²) in [6.45, 7) is 4.51. The van der Waals surface area contributed by atoms with Crippen LogP contribution in [0.15, 0.2) is 39.4 Å². The largest absolute Gasteiger partial charge is 0.466 e. The van der Waals surface area contributed by atoms with Crippen LogP contribution >= 0.6 is 31.9 Å². The molecule has 14 heteroatoms. The van der Waals surface area contributed by atoms with E-state index in [9.17, 15) is 31.9 Å². The predicted octanol–water partition coefficient (Wildman–Crippen LogP) is 6.59. The maximum atomic E-state index is 14.5. The summed E-state index contributed by atoms with van der Waals surface area (Å²) in [5.74, 6) is -5.13. The average Bonchev–Trinajstić information content (AvgIpc) is 3.59. The molecule has 1 aliphatic rings. The first-order valence-electron chi connectivity index (χ1n) is 12.3. The molecule has 1 fully saturated rings. The zero-order valence-corrected chi connectivity index (χ0v) is 25.0. The molecule has 3 aromatic rings. The fraction of sp³-hybridized carbons (Fsp3) is 0.333. The number of benzene rings is 2. The second kappa shape index (κ2) is 14.7. The summed E-state index contributed by atoms with van der Waals surface area (Å²) < 4.78 is 71.2. The molecular weight excluding hydrogens is 684 g/mol. The fourth-order valence-electron chi connectivity index (χ4n) is 3.86. The van der Waals surface area contributed by atoms with E-state index in [0.29, 0.717) is 19.6 Å². The number of carbonyl (C=O) groups excluding carboxylic acids is 3. The van der Waals surface area contributed by atoms with Gasteiger partial charge in [-0.15, -0.1) is 0 Å². The van der Waals surface area contributed by atoms with Crippen LogP contribution in [-0.2, 0) is 19.0 Å². The minimum Gasteiger partial charge on any atom is -0.466 e. The van der Waals surface area contributed by atoms with E-state index in [1.54, 1.807) is 13.8 Å². The number of ether oxygens (including phenoxy) is 3. The van der Waals surface area contributed by atoms with E-state index in [-0.39, 0.29) is 45.0 Å². The third-order valence-corrected chi connectivity index (χ3v) is 6.94. The lowest BCUT2D eigenvalue weighted by atomic mass is 10.1. The second-order valence-electron chi connectivity index (χ2n) is 8.49. The Morgan fingerprint density at radius 3 is 2.17 bits per heavy atom. The van der Waals surface area contributed by atoms with Gasteiger partial charge in [0.25, 0.3) is 0 Å². The molecule has 0 unspecified atom stereocenters. The van der Waals surface area contributed by atoms with Gasteiger partial charge in [-0.25, -0.2) is 22.4 Å². The molecule has 0 N–H and O–H groups in total. The lowest BCUT2D eigenvalue weighted by Crippen LogP contribution is -2.14. The molecule has 1 saturated heterocycles. The van der Waals surface area contributed by atoms with E-state index in [4.69, 9.17) is 9.47 Å². The molecule has 41 heavy (non-hydrogen) atoms.